The Labute approximate surface area is 153 Å². The number of benzene rings is 2. The molecule has 0 bridgehead atoms. The maximum atomic E-state index is 12.7. The third-order valence-electron chi connectivity index (χ3n) is 5.04. The van der Waals surface area contributed by atoms with Crippen molar-refractivity contribution in [1.82, 2.24) is 4.90 Å². The molecule has 0 saturated carbocycles. The van der Waals surface area contributed by atoms with Gasteiger partial charge in [-0.25, -0.2) is 0 Å². The smallest absolute Gasteiger partial charge is 0.223 e. The van der Waals surface area contributed by atoms with Gasteiger partial charge in [0.15, 0.2) is 17.8 Å². The Hall–Kier alpha value is -2.82. The Morgan fingerprint density at radius 3 is 2.38 bits per heavy atom. The summed E-state index contributed by atoms with van der Waals surface area (Å²) in [5.74, 6) is 1.11. The molecule has 0 saturated heterocycles. The molecule has 1 amide bonds. The van der Waals surface area contributed by atoms with E-state index < -0.39 is 5.54 Å². The van der Waals surface area contributed by atoms with E-state index in [2.05, 4.69) is 0 Å². The summed E-state index contributed by atoms with van der Waals surface area (Å²) in [7, 11) is 3.15. The first-order valence-corrected chi connectivity index (χ1v) is 8.70. The van der Waals surface area contributed by atoms with E-state index in [0.717, 1.165) is 23.0 Å². The van der Waals surface area contributed by atoms with Gasteiger partial charge < -0.3 is 14.4 Å². The van der Waals surface area contributed by atoms with Gasteiger partial charge in [0.2, 0.25) is 5.91 Å². The zero-order chi connectivity index (χ0) is 18.7. The molecule has 3 rings (SSSR count). The van der Waals surface area contributed by atoms with E-state index in [9.17, 15) is 9.59 Å². The van der Waals surface area contributed by atoms with Crippen molar-refractivity contribution in [3.05, 3.63) is 59.2 Å². The fraction of sp³-hybridized carbons (Fsp3) is 0.333. The monoisotopic (exact) mass is 353 g/mol. The van der Waals surface area contributed by atoms with E-state index in [1.165, 1.54) is 0 Å². The molecule has 0 N–H and O–H groups in total. The van der Waals surface area contributed by atoms with Crippen molar-refractivity contribution in [2.24, 2.45) is 0 Å². The molecule has 0 fully saturated rings. The van der Waals surface area contributed by atoms with Crippen molar-refractivity contribution < 1.29 is 19.1 Å². The quantitative estimate of drug-likeness (QED) is 0.776. The van der Waals surface area contributed by atoms with Gasteiger partial charge in [-0.1, -0.05) is 37.3 Å². The molecule has 0 aromatic heterocycles. The van der Waals surface area contributed by atoms with E-state index in [4.69, 9.17) is 9.47 Å². The Bertz CT molecular complexity index is 818. The van der Waals surface area contributed by atoms with Crippen LogP contribution in [0.15, 0.2) is 42.5 Å². The number of nitrogens with zero attached hydrogens (tertiary/aromatic N) is 1. The summed E-state index contributed by atoms with van der Waals surface area (Å²) in [5, 5.41) is 0. The van der Waals surface area contributed by atoms with Gasteiger partial charge in [0, 0.05) is 13.0 Å². The fourth-order valence-corrected chi connectivity index (χ4v) is 3.75. The van der Waals surface area contributed by atoms with E-state index in [1.54, 1.807) is 19.1 Å². The lowest BCUT2D eigenvalue weighted by atomic mass is 9.76. The summed E-state index contributed by atoms with van der Waals surface area (Å²) >= 11 is 0. The van der Waals surface area contributed by atoms with E-state index in [1.807, 2.05) is 49.4 Å². The average Bonchev–Trinajstić information content (AvgIpc) is 2.71. The maximum Gasteiger partial charge on any atom is 0.223 e. The summed E-state index contributed by atoms with van der Waals surface area (Å²) < 4.78 is 10.9. The summed E-state index contributed by atoms with van der Waals surface area (Å²) in [6.45, 7) is 2.29. The predicted molar refractivity (Wildman–Crippen MR) is 98.5 cm³/mol. The first kappa shape index (κ1) is 18.0. The van der Waals surface area contributed by atoms with Gasteiger partial charge in [0.05, 0.1) is 14.2 Å². The molecule has 2 aromatic rings. The van der Waals surface area contributed by atoms with E-state index in [-0.39, 0.29) is 5.91 Å². The van der Waals surface area contributed by atoms with E-state index in [0.29, 0.717) is 30.9 Å². The second-order valence-corrected chi connectivity index (χ2v) is 6.26. The first-order chi connectivity index (χ1) is 12.6. The molecule has 5 heteroatoms. The van der Waals surface area contributed by atoms with Crippen molar-refractivity contribution in [3.8, 4) is 11.5 Å². The minimum Gasteiger partial charge on any atom is -0.493 e. The van der Waals surface area contributed by atoms with Gasteiger partial charge >= 0.3 is 0 Å². The molecule has 0 radical (unpaired) electrons. The highest BCUT2D eigenvalue weighted by Crippen LogP contribution is 2.44. The van der Waals surface area contributed by atoms with Crippen molar-refractivity contribution in [2.75, 3.05) is 20.8 Å². The second kappa shape index (κ2) is 7.20. The van der Waals surface area contributed by atoms with Gasteiger partial charge in [-0.15, -0.1) is 0 Å². The van der Waals surface area contributed by atoms with Gasteiger partial charge in [0.1, 0.15) is 5.54 Å². The van der Waals surface area contributed by atoms with Crippen molar-refractivity contribution >= 4 is 12.2 Å². The molecule has 0 aliphatic carbocycles. The van der Waals surface area contributed by atoms with Crippen LogP contribution in [0.2, 0.25) is 0 Å². The Balaban J connectivity index is 2.32. The summed E-state index contributed by atoms with van der Waals surface area (Å²) in [4.78, 5) is 27.0. The van der Waals surface area contributed by atoms with Crippen LogP contribution in [-0.2, 0) is 21.5 Å². The maximum absolute atomic E-state index is 12.7. The lowest BCUT2D eigenvalue weighted by Gasteiger charge is -2.45. The van der Waals surface area contributed by atoms with Crippen LogP contribution in [0.25, 0.3) is 0 Å². The third kappa shape index (κ3) is 2.64. The molecule has 1 atom stereocenters. The lowest BCUT2D eigenvalue weighted by molar-refractivity contribution is -0.141. The Kier molecular flexibility index (Phi) is 4.98. The van der Waals surface area contributed by atoms with Gasteiger partial charge in [0.25, 0.3) is 0 Å². The first-order valence-electron chi connectivity index (χ1n) is 8.70. The van der Waals surface area contributed by atoms with Crippen LogP contribution in [0, 0.1) is 0 Å². The summed E-state index contributed by atoms with van der Waals surface area (Å²) in [5.41, 5.74) is 1.36. The van der Waals surface area contributed by atoms with Crippen molar-refractivity contribution in [2.45, 2.75) is 25.3 Å². The molecule has 1 unspecified atom stereocenters. The number of ether oxygens (including phenoxy) is 2. The van der Waals surface area contributed by atoms with Crippen LogP contribution in [0.1, 0.15) is 30.0 Å². The molecule has 0 spiro atoms. The zero-order valence-corrected chi connectivity index (χ0v) is 15.3. The zero-order valence-electron chi connectivity index (χ0n) is 15.3. The highest BCUT2D eigenvalue weighted by atomic mass is 16.5. The minimum absolute atomic E-state index is 0.0543. The van der Waals surface area contributed by atoms with Crippen LogP contribution in [0.3, 0.4) is 0 Å². The number of methoxy groups -OCH3 is 2. The van der Waals surface area contributed by atoms with Gasteiger partial charge in [-0.05, 0) is 35.2 Å². The molecule has 2 aromatic carbocycles. The van der Waals surface area contributed by atoms with Gasteiger partial charge in [-0.2, -0.15) is 0 Å². The number of aldehydes is 1. The number of rotatable bonds is 5. The number of hydrogen-bond donors (Lipinski definition) is 0. The highest BCUT2D eigenvalue weighted by molar-refractivity contribution is 5.87. The molecule has 1 aliphatic rings. The Morgan fingerprint density at radius 1 is 1.15 bits per heavy atom. The van der Waals surface area contributed by atoms with Crippen molar-refractivity contribution in [1.29, 1.82) is 0 Å². The molecule has 1 aliphatic heterocycles. The van der Waals surface area contributed by atoms with Crippen LogP contribution in [-0.4, -0.2) is 37.9 Å². The largest absolute Gasteiger partial charge is 0.493 e. The van der Waals surface area contributed by atoms with Gasteiger partial charge in [-0.3, -0.25) is 9.59 Å². The number of hydrogen-bond acceptors (Lipinski definition) is 4. The van der Waals surface area contributed by atoms with Crippen LogP contribution in [0.4, 0.5) is 0 Å². The lowest BCUT2D eigenvalue weighted by Crippen LogP contribution is -2.55. The van der Waals surface area contributed by atoms with E-state index >= 15 is 0 Å². The summed E-state index contributed by atoms with van der Waals surface area (Å²) in [6.07, 6.45) is 1.87. The average molecular weight is 353 g/mol. The molecule has 5 nitrogen and oxygen atoms in total. The molecule has 26 heavy (non-hydrogen) atoms. The Morgan fingerprint density at radius 2 is 1.81 bits per heavy atom. The van der Waals surface area contributed by atoms with Crippen LogP contribution < -0.4 is 9.47 Å². The van der Waals surface area contributed by atoms with Crippen molar-refractivity contribution in [3.63, 3.8) is 0 Å². The normalized spacial score (nSPS) is 18.8. The van der Waals surface area contributed by atoms with Crippen LogP contribution in [0.5, 0.6) is 11.5 Å². The molecule has 136 valence electrons. The number of carbonyl (C=O) groups excluding carboxylic acids is 2. The fourth-order valence-electron chi connectivity index (χ4n) is 3.75. The molecule has 1 heterocycles. The van der Waals surface area contributed by atoms with Crippen LogP contribution >= 0.6 is 0 Å². The third-order valence-corrected chi connectivity index (χ3v) is 5.04. The standard InChI is InChI=1S/C21H23NO4/c1-4-20(24)22-11-10-15-12-18(25-2)19(26-3)13-17(15)21(22,14-23)16-8-6-5-7-9-16/h5-9,12-14H,4,10-11H2,1-3H3. The number of fused-ring (bicyclic) bond motifs is 1. The second-order valence-electron chi connectivity index (χ2n) is 6.26. The minimum atomic E-state index is -1.17. The predicted octanol–water partition coefficient (Wildman–Crippen LogP) is 2.94. The molecular weight excluding hydrogens is 330 g/mol. The topological polar surface area (TPSA) is 55.8 Å². The number of carbonyl (C=O) groups is 2. The highest BCUT2D eigenvalue weighted by Gasteiger charge is 2.46. The molecular formula is C21H23NO4. The summed E-state index contributed by atoms with van der Waals surface area (Å²) in [6, 6.07) is 13.2. The number of amides is 1. The SMILES string of the molecule is CCC(=O)N1CCc2cc(OC)c(OC)cc2C1(C=O)c1ccccc1.